The van der Waals surface area contributed by atoms with Crippen molar-refractivity contribution in [3.63, 3.8) is 0 Å². The van der Waals surface area contributed by atoms with Crippen LogP contribution in [0.25, 0.3) is 0 Å². The van der Waals surface area contributed by atoms with Crippen molar-refractivity contribution >= 4 is 28.9 Å². The highest BCUT2D eigenvalue weighted by Crippen LogP contribution is 2.26. The third kappa shape index (κ3) is 2.45. The van der Waals surface area contributed by atoms with Gasteiger partial charge < -0.3 is 15.0 Å². The van der Waals surface area contributed by atoms with E-state index in [1.54, 1.807) is 4.90 Å². The number of carbonyl (C=O) groups is 3. The summed E-state index contributed by atoms with van der Waals surface area (Å²) in [6, 6.07) is -0.453. The second kappa shape index (κ2) is 5.17. The van der Waals surface area contributed by atoms with Gasteiger partial charge in [0.05, 0.1) is 13.0 Å². The summed E-state index contributed by atoms with van der Waals surface area (Å²) >= 11 is 1.12. The lowest BCUT2D eigenvalue weighted by molar-refractivity contribution is -0.146. The third-order valence-electron chi connectivity index (χ3n) is 3.40. The van der Waals surface area contributed by atoms with Gasteiger partial charge in [-0.3, -0.25) is 14.4 Å². The number of nitrogens with one attached hydrogen (secondary N) is 1. The number of esters is 1. The normalized spacial score (nSPS) is 31.3. The molecule has 18 heavy (non-hydrogen) atoms. The molecule has 1 N–H and O–H groups in total. The Morgan fingerprint density at radius 1 is 1.44 bits per heavy atom. The summed E-state index contributed by atoms with van der Waals surface area (Å²) in [5.41, 5.74) is 0. The smallest absolute Gasteiger partial charge is 0.310 e. The van der Waals surface area contributed by atoms with Gasteiger partial charge in [-0.25, -0.2) is 0 Å². The van der Waals surface area contributed by atoms with Gasteiger partial charge in [0.15, 0.2) is 0 Å². The molecule has 2 heterocycles. The summed E-state index contributed by atoms with van der Waals surface area (Å²) in [7, 11) is 1.35. The first-order valence-corrected chi connectivity index (χ1v) is 6.81. The zero-order valence-electron chi connectivity index (χ0n) is 10.3. The van der Waals surface area contributed by atoms with Crippen LogP contribution in [-0.2, 0) is 14.3 Å². The Bertz CT molecular complexity index is 387. The number of methoxy groups -OCH3 is 1. The lowest BCUT2D eigenvalue weighted by atomic mass is 9.99. The number of amides is 2. The molecule has 0 radical (unpaired) electrons. The highest BCUT2D eigenvalue weighted by molar-refractivity contribution is 8.14. The summed E-state index contributed by atoms with van der Waals surface area (Å²) in [4.78, 5) is 36.4. The molecule has 3 atom stereocenters. The van der Waals surface area contributed by atoms with Crippen LogP contribution in [0.2, 0.25) is 0 Å². The van der Waals surface area contributed by atoms with Crippen LogP contribution in [0.4, 0.5) is 4.79 Å². The molecule has 2 fully saturated rings. The third-order valence-corrected chi connectivity index (χ3v) is 4.28. The van der Waals surface area contributed by atoms with Crippen LogP contribution in [0.1, 0.15) is 6.92 Å². The Hall–Kier alpha value is -1.24. The van der Waals surface area contributed by atoms with Crippen LogP contribution in [0, 0.1) is 11.8 Å². The van der Waals surface area contributed by atoms with Gasteiger partial charge >= 0.3 is 5.97 Å². The molecule has 0 aliphatic carbocycles. The predicted octanol–water partition coefficient (Wildman–Crippen LogP) is 0.0789. The van der Waals surface area contributed by atoms with Gasteiger partial charge in [-0.1, -0.05) is 18.7 Å². The average Bonchev–Trinajstić information content (AvgIpc) is 2.94. The van der Waals surface area contributed by atoms with Crippen molar-refractivity contribution in [2.75, 3.05) is 26.0 Å². The number of hydrogen-bond donors (Lipinski definition) is 1. The van der Waals surface area contributed by atoms with Crippen molar-refractivity contribution in [2.45, 2.75) is 13.0 Å². The van der Waals surface area contributed by atoms with E-state index in [2.05, 4.69) is 5.32 Å². The fraction of sp³-hybridized carbons (Fsp3) is 0.727. The maximum Gasteiger partial charge on any atom is 0.310 e. The number of hydrogen-bond acceptors (Lipinski definition) is 5. The molecule has 2 rings (SSSR count). The number of likely N-dealkylation sites (tertiary alicyclic amines) is 1. The fourth-order valence-electron chi connectivity index (χ4n) is 2.34. The topological polar surface area (TPSA) is 75.7 Å². The van der Waals surface area contributed by atoms with Gasteiger partial charge in [0.2, 0.25) is 5.91 Å². The molecule has 0 spiro atoms. The van der Waals surface area contributed by atoms with E-state index < -0.39 is 6.04 Å². The first-order valence-electron chi connectivity index (χ1n) is 5.83. The van der Waals surface area contributed by atoms with E-state index in [4.69, 9.17) is 4.74 Å². The first kappa shape index (κ1) is 13.2. The molecule has 0 saturated carbocycles. The largest absolute Gasteiger partial charge is 0.469 e. The van der Waals surface area contributed by atoms with E-state index in [1.807, 2.05) is 6.92 Å². The Morgan fingerprint density at radius 3 is 2.72 bits per heavy atom. The average molecular weight is 272 g/mol. The highest BCUT2D eigenvalue weighted by atomic mass is 32.2. The van der Waals surface area contributed by atoms with E-state index in [1.165, 1.54) is 7.11 Å². The molecule has 2 saturated heterocycles. The van der Waals surface area contributed by atoms with Gasteiger partial charge in [0, 0.05) is 18.8 Å². The lowest BCUT2D eigenvalue weighted by Gasteiger charge is -2.19. The predicted molar refractivity (Wildman–Crippen MR) is 66.0 cm³/mol. The quantitative estimate of drug-likeness (QED) is 0.720. The molecule has 3 unspecified atom stereocenters. The summed E-state index contributed by atoms with van der Waals surface area (Å²) < 4.78 is 4.72. The lowest BCUT2D eigenvalue weighted by Crippen LogP contribution is -2.44. The summed E-state index contributed by atoms with van der Waals surface area (Å²) in [6.07, 6.45) is 0. The van der Waals surface area contributed by atoms with Crippen molar-refractivity contribution < 1.29 is 19.1 Å². The molecule has 2 aliphatic rings. The standard InChI is InChI=1S/C11H16N2O4S/c1-6-3-13(4-7(6)10(15)17-2)9(14)8-5-18-11(16)12-8/h6-8H,3-5H2,1-2H3,(H,12,16). The number of carbonyl (C=O) groups excluding carboxylic acids is 3. The van der Waals surface area contributed by atoms with E-state index >= 15 is 0 Å². The SMILES string of the molecule is COC(=O)C1CN(C(=O)C2CSC(=O)N2)CC1C. The summed E-state index contributed by atoms with van der Waals surface area (Å²) in [5, 5.41) is 2.46. The zero-order chi connectivity index (χ0) is 13.3. The van der Waals surface area contributed by atoms with E-state index in [-0.39, 0.29) is 29.0 Å². The van der Waals surface area contributed by atoms with Crippen LogP contribution < -0.4 is 5.32 Å². The molecule has 0 bridgehead atoms. The van der Waals surface area contributed by atoms with Crippen molar-refractivity contribution in [3.8, 4) is 0 Å². The number of rotatable bonds is 2. The maximum atomic E-state index is 12.1. The van der Waals surface area contributed by atoms with Crippen LogP contribution in [0.15, 0.2) is 0 Å². The molecule has 7 heteroatoms. The first-order chi connectivity index (χ1) is 8.52. The van der Waals surface area contributed by atoms with Crippen LogP contribution in [0.5, 0.6) is 0 Å². The van der Waals surface area contributed by atoms with Crippen LogP contribution >= 0.6 is 11.8 Å². The molecule has 6 nitrogen and oxygen atoms in total. The molecular formula is C11H16N2O4S. The van der Waals surface area contributed by atoms with Crippen molar-refractivity contribution in [3.05, 3.63) is 0 Å². The van der Waals surface area contributed by atoms with Gasteiger partial charge in [-0.2, -0.15) is 0 Å². The Kier molecular flexibility index (Phi) is 3.79. The van der Waals surface area contributed by atoms with Gasteiger partial charge in [-0.15, -0.1) is 0 Å². The van der Waals surface area contributed by atoms with Gasteiger partial charge in [0.25, 0.3) is 5.24 Å². The van der Waals surface area contributed by atoms with Crippen molar-refractivity contribution in [1.82, 2.24) is 10.2 Å². The molecule has 0 aromatic heterocycles. The Balaban J connectivity index is 1.97. The van der Waals surface area contributed by atoms with Crippen LogP contribution in [0.3, 0.4) is 0 Å². The van der Waals surface area contributed by atoms with Gasteiger partial charge in [0.1, 0.15) is 6.04 Å². The highest BCUT2D eigenvalue weighted by Gasteiger charge is 2.41. The molecule has 2 aliphatic heterocycles. The van der Waals surface area contributed by atoms with E-state index in [0.29, 0.717) is 18.8 Å². The van der Waals surface area contributed by atoms with Gasteiger partial charge in [-0.05, 0) is 5.92 Å². The summed E-state index contributed by atoms with van der Waals surface area (Å²) in [6.45, 7) is 2.84. The Labute approximate surface area is 109 Å². The zero-order valence-corrected chi connectivity index (χ0v) is 11.2. The van der Waals surface area contributed by atoms with E-state index in [9.17, 15) is 14.4 Å². The maximum absolute atomic E-state index is 12.1. The molecule has 0 aromatic rings. The number of ether oxygens (including phenoxy) is 1. The van der Waals surface area contributed by atoms with Crippen LogP contribution in [-0.4, -0.2) is 54.0 Å². The van der Waals surface area contributed by atoms with E-state index in [0.717, 1.165) is 11.8 Å². The number of nitrogens with zero attached hydrogens (tertiary/aromatic N) is 1. The van der Waals surface area contributed by atoms with Crippen molar-refractivity contribution in [2.24, 2.45) is 11.8 Å². The van der Waals surface area contributed by atoms with Crippen molar-refractivity contribution in [1.29, 1.82) is 0 Å². The minimum Gasteiger partial charge on any atom is -0.469 e. The number of thioether (sulfide) groups is 1. The molecule has 2 amide bonds. The second-order valence-electron chi connectivity index (χ2n) is 4.65. The minimum atomic E-state index is -0.453. The molecule has 0 aromatic carbocycles. The Morgan fingerprint density at radius 2 is 2.17 bits per heavy atom. The molecular weight excluding hydrogens is 256 g/mol. The molecule has 100 valence electrons. The fourth-order valence-corrected chi connectivity index (χ4v) is 3.11. The minimum absolute atomic E-state index is 0.0890. The second-order valence-corrected chi connectivity index (χ2v) is 5.64. The summed E-state index contributed by atoms with van der Waals surface area (Å²) in [5.74, 6) is -0.0880. The monoisotopic (exact) mass is 272 g/mol.